The van der Waals surface area contributed by atoms with Crippen LogP contribution in [0.3, 0.4) is 0 Å². The van der Waals surface area contributed by atoms with Gasteiger partial charge in [-0.05, 0) is 37.7 Å². The molecule has 0 radical (unpaired) electrons. The lowest BCUT2D eigenvalue weighted by Gasteiger charge is -2.07. The predicted octanol–water partition coefficient (Wildman–Crippen LogP) is 2.33. The molecule has 0 saturated carbocycles. The van der Waals surface area contributed by atoms with Gasteiger partial charge in [0.25, 0.3) is 0 Å². The first-order valence-corrected chi connectivity index (χ1v) is 8.41. The Bertz CT molecular complexity index is 469. The highest BCUT2D eigenvalue weighted by molar-refractivity contribution is 7.99. The fourth-order valence-electron chi connectivity index (χ4n) is 1.37. The number of rotatable bonds is 6. The third kappa shape index (κ3) is 6.10. The molecule has 17 heavy (non-hydrogen) atoms. The van der Waals surface area contributed by atoms with E-state index < -0.39 is 10.0 Å². The van der Waals surface area contributed by atoms with Crippen LogP contribution in [0, 0.1) is 13.8 Å². The van der Waals surface area contributed by atoms with Crippen molar-refractivity contribution in [1.82, 2.24) is 4.72 Å². The number of aryl methyl sites for hydroxylation is 2. The van der Waals surface area contributed by atoms with Gasteiger partial charge in [0, 0.05) is 11.4 Å². The van der Waals surface area contributed by atoms with E-state index in [4.69, 9.17) is 0 Å². The first-order chi connectivity index (χ1) is 7.88. The molecule has 0 aromatic heterocycles. The van der Waals surface area contributed by atoms with Gasteiger partial charge in [0.05, 0.1) is 6.26 Å². The van der Waals surface area contributed by atoms with Crippen molar-refractivity contribution in [1.29, 1.82) is 0 Å². The molecule has 1 N–H and O–H groups in total. The normalized spacial score (nSPS) is 11.7. The first-order valence-electron chi connectivity index (χ1n) is 5.53. The zero-order chi connectivity index (χ0) is 12.9. The number of benzene rings is 1. The predicted molar refractivity (Wildman–Crippen MR) is 74.1 cm³/mol. The van der Waals surface area contributed by atoms with Crippen molar-refractivity contribution in [2.45, 2.75) is 25.2 Å². The van der Waals surface area contributed by atoms with Crippen LogP contribution in [0.5, 0.6) is 0 Å². The van der Waals surface area contributed by atoms with E-state index in [0.29, 0.717) is 6.54 Å². The van der Waals surface area contributed by atoms with Crippen molar-refractivity contribution < 1.29 is 8.42 Å². The van der Waals surface area contributed by atoms with Crippen LogP contribution in [0.15, 0.2) is 23.1 Å². The second kappa shape index (κ2) is 6.42. The summed E-state index contributed by atoms with van der Waals surface area (Å²) >= 11 is 1.78. The van der Waals surface area contributed by atoms with Gasteiger partial charge in [-0.25, -0.2) is 13.1 Å². The Hall–Kier alpha value is -0.520. The highest BCUT2D eigenvalue weighted by Gasteiger charge is 2.01. The molecule has 5 heteroatoms. The first kappa shape index (κ1) is 14.5. The molecule has 0 aliphatic heterocycles. The molecular weight excluding hydrogens is 254 g/mol. The Kier molecular flexibility index (Phi) is 5.49. The lowest BCUT2D eigenvalue weighted by atomic mass is 10.2. The molecule has 0 spiro atoms. The molecular formula is C12H19NO2S2. The summed E-state index contributed by atoms with van der Waals surface area (Å²) in [5, 5.41) is 0. The molecule has 1 aromatic rings. The number of hydrogen-bond donors (Lipinski definition) is 1. The van der Waals surface area contributed by atoms with E-state index in [1.807, 2.05) is 0 Å². The van der Waals surface area contributed by atoms with E-state index in [2.05, 4.69) is 36.8 Å². The third-order valence-corrected chi connectivity index (χ3v) is 4.26. The summed E-state index contributed by atoms with van der Waals surface area (Å²) in [7, 11) is -3.04. The zero-order valence-corrected chi connectivity index (χ0v) is 12.1. The van der Waals surface area contributed by atoms with Crippen molar-refractivity contribution in [2.75, 3.05) is 18.6 Å². The van der Waals surface area contributed by atoms with Crippen molar-refractivity contribution in [3.63, 3.8) is 0 Å². The monoisotopic (exact) mass is 273 g/mol. The summed E-state index contributed by atoms with van der Waals surface area (Å²) in [6.07, 6.45) is 2.02. The van der Waals surface area contributed by atoms with Crippen LogP contribution < -0.4 is 4.72 Å². The highest BCUT2D eigenvalue weighted by atomic mass is 32.2. The van der Waals surface area contributed by atoms with Crippen LogP contribution in [0.2, 0.25) is 0 Å². The zero-order valence-electron chi connectivity index (χ0n) is 10.5. The Morgan fingerprint density at radius 2 is 2.00 bits per heavy atom. The fraction of sp³-hybridized carbons (Fsp3) is 0.500. The van der Waals surface area contributed by atoms with Gasteiger partial charge < -0.3 is 0 Å². The quantitative estimate of drug-likeness (QED) is 0.639. The molecule has 0 aliphatic carbocycles. The summed E-state index contributed by atoms with van der Waals surface area (Å²) in [6, 6.07) is 6.39. The average molecular weight is 273 g/mol. The van der Waals surface area contributed by atoms with Crippen LogP contribution in [0.4, 0.5) is 0 Å². The third-order valence-electron chi connectivity index (χ3n) is 2.29. The van der Waals surface area contributed by atoms with E-state index in [-0.39, 0.29) is 0 Å². The Morgan fingerprint density at radius 3 is 2.65 bits per heavy atom. The molecule has 0 amide bonds. The SMILES string of the molecule is Cc1ccc(C)c(SCCCNS(C)(=O)=O)c1. The van der Waals surface area contributed by atoms with E-state index in [9.17, 15) is 8.42 Å². The van der Waals surface area contributed by atoms with Gasteiger partial charge in [-0.15, -0.1) is 11.8 Å². The summed E-state index contributed by atoms with van der Waals surface area (Å²) < 4.78 is 24.2. The topological polar surface area (TPSA) is 46.2 Å². The van der Waals surface area contributed by atoms with Gasteiger partial charge in [-0.2, -0.15) is 0 Å². The number of thioether (sulfide) groups is 1. The standard InChI is InChI=1S/C12H19NO2S2/c1-10-5-6-11(2)12(9-10)16-8-4-7-13-17(3,14)15/h5-6,9,13H,4,7-8H2,1-3H3. The van der Waals surface area contributed by atoms with Gasteiger partial charge in [-0.3, -0.25) is 0 Å². The van der Waals surface area contributed by atoms with Crippen molar-refractivity contribution in [3.05, 3.63) is 29.3 Å². The number of sulfonamides is 1. The van der Waals surface area contributed by atoms with E-state index in [1.165, 1.54) is 22.3 Å². The molecule has 0 unspecified atom stereocenters. The lowest BCUT2D eigenvalue weighted by Crippen LogP contribution is -2.23. The van der Waals surface area contributed by atoms with E-state index in [1.54, 1.807) is 11.8 Å². The molecule has 0 saturated heterocycles. The molecule has 0 fully saturated rings. The van der Waals surface area contributed by atoms with Crippen molar-refractivity contribution in [2.24, 2.45) is 0 Å². The highest BCUT2D eigenvalue weighted by Crippen LogP contribution is 2.23. The second-order valence-corrected chi connectivity index (χ2v) is 7.11. The van der Waals surface area contributed by atoms with E-state index >= 15 is 0 Å². The van der Waals surface area contributed by atoms with Crippen molar-refractivity contribution >= 4 is 21.8 Å². The molecule has 0 atom stereocenters. The van der Waals surface area contributed by atoms with Crippen molar-refractivity contribution in [3.8, 4) is 0 Å². The molecule has 0 aliphatic rings. The maximum absolute atomic E-state index is 10.8. The van der Waals surface area contributed by atoms with Crippen LogP contribution >= 0.6 is 11.8 Å². The van der Waals surface area contributed by atoms with Crippen LogP contribution in [0.25, 0.3) is 0 Å². The van der Waals surface area contributed by atoms with Crippen LogP contribution in [-0.2, 0) is 10.0 Å². The van der Waals surface area contributed by atoms with Gasteiger partial charge in [0.2, 0.25) is 10.0 Å². The van der Waals surface area contributed by atoms with Gasteiger partial charge in [0.15, 0.2) is 0 Å². The fourth-order valence-corrected chi connectivity index (χ4v) is 2.96. The minimum atomic E-state index is -3.04. The summed E-state index contributed by atoms with van der Waals surface area (Å²) in [5.41, 5.74) is 2.53. The maximum atomic E-state index is 10.8. The second-order valence-electron chi connectivity index (χ2n) is 4.14. The summed E-state index contributed by atoms with van der Waals surface area (Å²) in [5.74, 6) is 0.923. The Morgan fingerprint density at radius 1 is 1.29 bits per heavy atom. The van der Waals surface area contributed by atoms with Crippen LogP contribution in [-0.4, -0.2) is 27.0 Å². The van der Waals surface area contributed by atoms with Crippen LogP contribution in [0.1, 0.15) is 17.5 Å². The minimum Gasteiger partial charge on any atom is -0.215 e. The smallest absolute Gasteiger partial charge is 0.208 e. The molecule has 1 rings (SSSR count). The minimum absolute atomic E-state index is 0.511. The molecule has 0 bridgehead atoms. The van der Waals surface area contributed by atoms with Gasteiger partial charge >= 0.3 is 0 Å². The molecule has 1 aromatic carbocycles. The molecule has 96 valence electrons. The number of nitrogens with one attached hydrogen (secondary N) is 1. The van der Waals surface area contributed by atoms with Gasteiger partial charge in [-0.1, -0.05) is 17.7 Å². The molecule has 0 heterocycles. The Balaban J connectivity index is 2.34. The number of hydrogen-bond acceptors (Lipinski definition) is 3. The molecule has 3 nitrogen and oxygen atoms in total. The lowest BCUT2D eigenvalue weighted by molar-refractivity contribution is 0.587. The summed E-state index contributed by atoms with van der Waals surface area (Å²) in [6.45, 7) is 4.68. The average Bonchev–Trinajstić information content (AvgIpc) is 2.21. The van der Waals surface area contributed by atoms with Gasteiger partial charge in [0.1, 0.15) is 0 Å². The van der Waals surface area contributed by atoms with E-state index in [0.717, 1.165) is 12.2 Å². The Labute approximate surface area is 108 Å². The largest absolute Gasteiger partial charge is 0.215 e. The maximum Gasteiger partial charge on any atom is 0.208 e. The summed E-state index contributed by atoms with van der Waals surface area (Å²) in [4.78, 5) is 1.28.